The molecule has 4 aromatic rings. The van der Waals surface area contributed by atoms with Gasteiger partial charge in [0.05, 0.1) is 12.2 Å². The zero-order valence-corrected chi connectivity index (χ0v) is 18.9. The monoisotopic (exact) mass is 470 g/mol. The molecule has 8 nitrogen and oxygen atoms in total. The average Bonchev–Trinajstić information content (AvgIpc) is 3.41. The van der Waals surface area contributed by atoms with E-state index in [0.29, 0.717) is 11.3 Å². The number of nitrogens with zero attached hydrogens (tertiary/aromatic N) is 5. The van der Waals surface area contributed by atoms with Gasteiger partial charge in [-0.05, 0) is 60.9 Å². The first-order valence-corrected chi connectivity index (χ1v) is 11.4. The van der Waals surface area contributed by atoms with Crippen LogP contribution >= 0.6 is 0 Å². The Bertz CT molecular complexity index is 1400. The van der Waals surface area contributed by atoms with Crippen LogP contribution in [0.4, 0.5) is 15.9 Å². The van der Waals surface area contributed by atoms with Gasteiger partial charge in [0, 0.05) is 30.4 Å². The first-order valence-electron chi connectivity index (χ1n) is 11.4. The van der Waals surface area contributed by atoms with Crippen LogP contribution in [0.1, 0.15) is 28.9 Å². The molecule has 0 atom stereocenters. The minimum atomic E-state index is -0.458. The van der Waals surface area contributed by atoms with Gasteiger partial charge < -0.3 is 10.2 Å². The van der Waals surface area contributed by atoms with Crippen LogP contribution in [0.2, 0.25) is 0 Å². The zero-order chi connectivity index (χ0) is 24.2. The highest BCUT2D eigenvalue weighted by Gasteiger charge is 2.14. The third kappa shape index (κ3) is 5.24. The molecule has 9 heteroatoms. The molecular formula is C26H23FN6O2. The number of carbonyl (C=O) groups excluding carboxylic acids is 1. The summed E-state index contributed by atoms with van der Waals surface area (Å²) in [6, 6.07) is 19.7. The normalized spacial score (nSPS) is 13.1. The first-order chi connectivity index (χ1) is 17.0. The topological polar surface area (TPSA) is 93.0 Å². The summed E-state index contributed by atoms with van der Waals surface area (Å²) in [7, 11) is 0. The third-order valence-electron chi connectivity index (χ3n) is 5.84. The maximum absolute atomic E-state index is 13.5. The number of rotatable bonds is 6. The van der Waals surface area contributed by atoms with Crippen molar-refractivity contribution < 1.29 is 9.18 Å². The van der Waals surface area contributed by atoms with Gasteiger partial charge in [0.2, 0.25) is 0 Å². The summed E-state index contributed by atoms with van der Waals surface area (Å²) in [6.07, 6.45) is 2.36. The van der Waals surface area contributed by atoms with Crippen LogP contribution in [0, 0.1) is 5.82 Å². The zero-order valence-electron chi connectivity index (χ0n) is 18.9. The minimum Gasteiger partial charge on any atom is -0.355 e. The Kier molecular flexibility index (Phi) is 6.30. The quantitative estimate of drug-likeness (QED) is 0.462. The van der Waals surface area contributed by atoms with Crippen molar-refractivity contribution in [3.63, 3.8) is 0 Å². The smallest absolute Gasteiger partial charge is 0.276 e. The Hall–Kier alpha value is -4.40. The molecule has 35 heavy (non-hydrogen) atoms. The van der Waals surface area contributed by atoms with Crippen molar-refractivity contribution in [2.45, 2.75) is 19.4 Å². The molecule has 0 bridgehead atoms. The molecule has 1 N–H and O–H groups in total. The summed E-state index contributed by atoms with van der Waals surface area (Å²) in [4.78, 5) is 27.1. The minimum absolute atomic E-state index is 0.0595. The predicted octanol–water partition coefficient (Wildman–Crippen LogP) is 3.74. The lowest BCUT2D eigenvalue weighted by molar-refractivity contribution is 0.102. The predicted molar refractivity (Wildman–Crippen MR) is 131 cm³/mol. The number of hydrogen-bond acceptors (Lipinski definition) is 6. The standard InChI is InChI=1S/C26H23FN6O2/c27-20-5-3-4-18(16-20)17-33-25(34)13-11-23(31-33)26(35)28-21-8-6-19(7-9-21)22-10-12-24(30-29-22)32-14-1-2-15-32/h3-13,16H,1-2,14-15,17H2,(H,28,35). The van der Waals surface area contributed by atoms with E-state index >= 15 is 0 Å². The number of amides is 1. The lowest BCUT2D eigenvalue weighted by atomic mass is 10.1. The molecule has 0 aliphatic carbocycles. The van der Waals surface area contributed by atoms with Gasteiger partial charge in [-0.25, -0.2) is 9.07 Å². The summed E-state index contributed by atoms with van der Waals surface area (Å²) < 4.78 is 14.6. The van der Waals surface area contributed by atoms with E-state index in [2.05, 4.69) is 25.5 Å². The SMILES string of the molecule is O=C(Nc1ccc(-c2ccc(N3CCCC3)nn2)cc1)c1ccc(=O)n(Cc2cccc(F)c2)n1. The second-order valence-corrected chi connectivity index (χ2v) is 8.35. The molecule has 3 heterocycles. The van der Waals surface area contributed by atoms with Gasteiger partial charge in [0.1, 0.15) is 11.5 Å². The highest BCUT2D eigenvalue weighted by molar-refractivity contribution is 6.02. The van der Waals surface area contributed by atoms with Crippen LogP contribution in [-0.2, 0) is 6.54 Å². The van der Waals surface area contributed by atoms with Crippen LogP contribution in [0.3, 0.4) is 0 Å². The van der Waals surface area contributed by atoms with Crippen molar-refractivity contribution in [3.05, 3.63) is 100 Å². The highest BCUT2D eigenvalue weighted by atomic mass is 19.1. The molecule has 1 amide bonds. The number of nitrogens with one attached hydrogen (secondary N) is 1. The fourth-order valence-electron chi connectivity index (χ4n) is 4.01. The molecule has 1 aliphatic heterocycles. The fourth-order valence-corrected chi connectivity index (χ4v) is 4.01. The molecule has 0 unspecified atom stereocenters. The lowest BCUT2D eigenvalue weighted by Gasteiger charge is -2.15. The van der Waals surface area contributed by atoms with Gasteiger partial charge in [0.25, 0.3) is 11.5 Å². The largest absolute Gasteiger partial charge is 0.355 e. The molecule has 1 fully saturated rings. The Balaban J connectivity index is 1.26. The van der Waals surface area contributed by atoms with E-state index in [1.807, 2.05) is 24.3 Å². The van der Waals surface area contributed by atoms with E-state index in [1.165, 1.54) is 37.1 Å². The van der Waals surface area contributed by atoms with Gasteiger partial charge >= 0.3 is 0 Å². The van der Waals surface area contributed by atoms with Crippen LogP contribution in [0.15, 0.2) is 77.6 Å². The number of benzene rings is 2. The molecule has 176 valence electrons. The average molecular weight is 471 g/mol. The van der Waals surface area contributed by atoms with Gasteiger partial charge in [0.15, 0.2) is 5.82 Å². The van der Waals surface area contributed by atoms with E-state index in [1.54, 1.807) is 24.3 Å². The summed E-state index contributed by atoms with van der Waals surface area (Å²) in [5.74, 6) is 0.0308. The molecular weight excluding hydrogens is 447 g/mol. The van der Waals surface area contributed by atoms with Gasteiger partial charge in [-0.2, -0.15) is 5.10 Å². The maximum atomic E-state index is 13.5. The molecule has 1 saturated heterocycles. The summed E-state index contributed by atoms with van der Waals surface area (Å²) >= 11 is 0. The van der Waals surface area contributed by atoms with E-state index in [9.17, 15) is 14.0 Å². The first kappa shape index (κ1) is 22.4. The van der Waals surface area contributed by atoms with E-state index in [0.717, 1.165) is 34.8 Å². The van der Waals surface area contributed by atoms with E-state index in [-0.39, 0.29) is 17.8 Å². The lowest BCUT2D eigenvalue weighted by Crippen LogP contribution is -2.26. The second-order valence-electron chi connectivity index (χ2n) is 8.35. The van der Waals surface area contributed by atoms with Crippen LogP contribution < -0.4 is 15.8 Å². The second kappa shape index (κ2) is 9.84. The van der Waals surface area contributed by atoms with Crippen molar-refractivity contribution in [2.24, 2.45) is 0 Å². The van der Waals surface area contributed by atoms with Gasteiger partial charge in [-0.15, -0.1) is 10.2 Å². The summed E-state index contributed by atoms with van der Waals surface area (Å²) in [5, 5.41) is 15.6. The molecule has 1 aliphatic rings. The molecule has 5 rings (SSSR count). The highest BCUT2D eigenvalue weighted by Crippen LogP contribution is 2.22. The van der Waals surface area contributed by atoms with Crippen molar-refractivity contribution in [2.75, 3.05) is 23.3 Å². The molecule has 0 spiro atoms. The Morgan fingerprint density at radius 1 is 0.943 bits per heavy atom. The Labute approximate surface area is 201 Å². The maximum Gasteiger partial charge on any atom is 0.276 e. The summed E-state index contributed by atoms with van der Waals surface area (Å²) in [6.45, 7) is 2.09. The van der Waals surface area contributed by atoms with Gasteiger partial charge in [-0.1, -0.05) is 24.3 Å². The fraction of sp³-hybridized carbons (Fsp3) is 0.192. The van der Waals surface area contributed by atoms with Crippen LogP contribution in [-0.4, -0.2) is 39.0 Å². The molecule has 0 saturated carbocycles. The number of anilines is 2. The number of carbonyl (C=O) groups is 1. The third-order valence-corrected chi connectivity index (χ3v) is 5.84. The van der Waals surface area contributed by atoms with Gasteiger partial charge in [-0.3, -0.25) is 9.59 Å². The number of halogens is 1. The van der Waals surface area contributed by atoms with E-state index < -0.39 is 11.7 Å². The molecule has 0 radical (unpaired) electrons. The number of aromatic nitrogens is 4. The van der Waals surface area contributed by atoms with Crippen LogP contribution in [0.5, 0.6) is 0 Å². The van der Waals surface area contributed by atoms with Crippen molar-refractivity contribution >= 4 is 17.4 Å². The van der Waals surface area contributed by atoms with Crippen molar-refractivity contribution in [1.29, 1.82) is 0 Å². The Morgan fingerprint density at radius 2 is 1.74 bits per heavy atom. The number of hydrogen-bond donors (Lipinski definition) is 1. The van der Waals surface area contributed by atoms with Crippen molar-refractivity contribution in [1.82, 2.24) is 20.0 Å². The Morgan fingerprint density at radius 3 is 2.46 bits per heavy atom. The van der Waals surface area contributed by atoms with E-state index in [4.69, 9.17) is 0 Å². The van der Waals surface area contributed by atoms with Crippen molar-refractivity contribution in [3.8, 4) is 11.3 Å². The molecule has 2 aromatic heterocycles. The summed E-state index contributed by atoms with van der Waals surface area (Å²) in [5.41, 5.74) is 2.47. The molecule has 2 aromatic carbocycles. The van der Waals surface area contributed by atoms with Crippen LogP contribution in [0.25, 0.3) is 11.3 Å².